The van der Waals surface area contributed by atoms with Crippen LogP contribution in [0.15, 0.2) is 36.5 Å². The lowest BCUT2D eigenvalue weighted by molar-refractivity contribution is -0.201. The highest BCUT2D eigenvalue weighted by molar-refractivity contribution is 5.88. The van der Waals surface area contributed by atoms with Gasteiger partial charge in [-0.3, -0.25) is 0 Å². The van der Waals surface area contributed by atoms with Crippen molar-refractivity contribution in [3.05, 3.63) is 42.1 Å². The van der Waals surface area contributed by atoms with Gasteiger partial charge in [-0.25, -0.2) is 13.8 Å². The second kappa shape index (κ2) is 9.28. The number of hydrogen-bond acceptors (Lipinski definition) is 5. The van der Waals surface area contributed by atoms with Gasteiger partial charge in [0.1, 0.15) is 22.8 Å². The average Bonchev–Trinajstić information content (AvgIpc) is 3.15. The molecule has 5 nitrogen and oxygen atoms in total. The van der Waals surface area contributed by atoms with Gasteiger partial charge >= 0.3 is 0 Å². The molecule has 7 atom stereocenters. The standard InChI is InChI=1S/C28H34F2N2O2.C2H7N/c1-25-10-11-27(30)16-26(29)14-21(33)5-4-20(26)8-9-28(27,34)23(25)7-6-22(25)18-3-2-17-13-24(31)32-15-19(17)12-18;1-3-2/h2-3,6,12-13,15,20-21,23,33-34H,4-5,7-11,14,16H2,1H3,(H2,31,32);3H,1-2H3/t20?,21?,23?,25?,26?,27?,28-;/m0./s1. The SMILES string of the molecule is CC12CCC3(F)CC4(F)CC(O)CCC4CC[C@]3(O)C1CC=C2c1ccc2cc(N)ncc2c1.CNC. The van der Waals surface area contributed by atoms with Crippen molar-refractivity contribution in [1.29, 1.82) is 0 Å². The maximum atomic E-state index is 16.8. The highest BCUT2D eigenvalue weighted by atomic mass is 19.2. The Bertz CT molecular complexity index is 1210. The molecule has 6 unspecified atom stereocenters. The quantitative estimate of drug-likeness (QED) is 0.413. The second-order valence-electron chi connectivity index (χ2n) is 12.3. The minimum absolute atomic E-state index is 0.0134. The number of nitrogens with two attached hydrogens (primary N) is 1. The molecule has 1 aromatic heterocycles. The minimum atomic E-state index is -1.98. The van der Waals surface area contributed by atoms with Crippen molar-refractivity contribution < 1.29 is 19.0 Å². The molecule has 5 N–H and O–H groups in total. The molecule has 0 aliphatic heterocycles. The van der Waals surface area contributed by atoms with Crippen LogP contribution in [0.4, 0.5) is 14.6 Å². The highest BCUT2D eigenvalue weighted by Crippen LogP contribution is 2.67. The van der Waals surface area contributed by atoms with E-state index in [1.807, 2.05) is 26.2 Å². The topological polar surface area (TPSA) is 91.4 Å². The molecule has 2 aromatic rings. The number of benzene rings is 1. The predicted molar refractivity (Wildman–Crippen MR) is 144 cm³/mol. The van der Waals surface area contributed by atoms with Gasteiger partial charge in [-0.2, -0.15) is 0 Å². The number of nitrogens with one attached hydrogen (secondary N) is 1. The van der Waals surface area contributed by atoms with E-state index in [9.17, 15) is 10.2 Å². The number of pyridine rings is 1. The van der Waals surface area contributed by atoms with E-state index in [1.165, 1.54) is 0 Å². The van der Waals surface area contributed by atoms with Gasteiger partial charge in [0.25, 0.3) is 0 Å². The Morgan fingerprint density at radius 1 is 1.05 bits per heavy atom. The summed E-state index contributed by atoms with van der Waals surface area (Å²) < 4.78 is 32.9. The zero-order chi connectivity index (χ0) is 26.6. The van der Waals surface area contributed by atoms with E-state index in [0.717, 1.165) is 21.9 Å². The smallest absolute Gasteiger partial charge is 0.142 e. The molecule has 0 amide bonds. The van der Waals surface area contributed by atoms with Crippen molar-refractivity contribution in [2.75, 3.05) is 19.8 Å². The van der Waals surface area contributed by atoms with Crippen LogP contribution in [0.25, 0.3) is 16.3 Å². The van der Waals surface area contributed by atoms with Crippen molar-refractivity contribution in [1.82, 2.24) is 10.3 Å². The largest absolute Gasteiger partial charge is 0.393 e. The third-order valence-corrected chi connectivity index (χ3v) is 9.99. The molecule has 7 heteroatoms. The molecule has 6 rings (SSSR count). The Balaban J connectivity index is 0.000000892. The Hall–Kier alpha value is -2.09. The summed E-state index contributed by atoms with van der Waals surface area (Å²) in [6.45, 7) is 2.15. The van der Waals surface area contributed by atoms with Crippen LogP contribution in [-0.4, -0.2) is 52.3 Å². The lowest BCUT2D eigenvalue weighted by atomic mass is 9.52. The van der Waals surface area contributed by atoms with Crippen molar-refractivity contribution in [2.24, 2.45) is 17.3 Å². The second-order valence-corrected chi connectivity index (χ2v) is 12.3. The molecule has 0 saturated heterocycles. The van der Waals surface area contributed by atoms with E-state index < -0.39 is 28.5 Å². The number of aromatic nitrogens is 1. The summed E-state index contributed by atoms with van der Waals surface area (Å²) in [5.41, 5.74) is 2.34. The van der Waals surface area contributed by atoms with Crippen LogP contribution in [0.1, 0.15) is 70.3 Å². The van der Waals surface area contributed by atoms with Crippen molar-refractivity contribution in [3.63, 3.8) is 0 Å². The zero-order valence-electron chi connectivity index (χ0n) is 22.2. The number of nitrogen functional groups attached to an aromatic ring is 1. The van der Waals surface area contributed by atoms with E-state index in [1.54, 1.807) is 6.20 Å². The van der Waals surface area contributed by atoms with Gasteiger partial charge in [0, 0.05) is 30.3 Å². The fourth-order valence-corrected chi connectivity index (χ4v) is 8.14. The van der Waals surface area contributed by atoms with Crippen molar-refractivity contribution in [2.45, 2.75) is 87.8 Å². The molecule has 1 aromatic carbocycles. The number of allylic oxidation sites excluding steroid dienone is 2. The van der Waals surface area contributed by atoms with Gasteiger partial charge in [0.15, 0.2) is 0 Å². The number of rotatable bonds is 1. The molecule has 0 bridgehead atoms. The number of aliphatic hydroxyl groups is 2. The summed E-state index contributed by atoms with van der Waals surface area (Å²) in [7, 11) is 3.75. The average molecular weight is 514 g/mol. The lowest BCUT2D eigenvalue weighted by Gasteiger charge is -2.56. The molecule has 0 radical (unpaired) electrons. The molecule has 0 spiro atoms. The number of halogens is 2. The number of nitrogens with zero attached hydrogens (tertiary/aromatic N) is 1. The lowest BCUT2D eigenvalue weighted by Crippen LogP contribution is -2.63. The maximum absolute atomic E-state index is 16.8. The van der Waals surface area contributed by atoms with E-state index in [2.05, 4.69) is 35.4 Å². The summed E-state index contributed by atoms with van der Waals surface area (Å²) in [5, 5.41) is 27.0. The Morgan fingerprint density at radius 3 is 2.57 bits per heavy atom. The van der Waals surface area contributed by atoms with E-state index in [-0.39, 0.29) is 37.5 Å². The van der Waals surface area contributed by atoms with Crippen LogP contribution in [0.3, 0.4) is 0 Å². The molecular weight excluding hydrogens is 472 g/mol. The number of aliphatic hydroxyl groups excluding tert-OH is 1. The zero-order valence-corrected chi connectivity index (χ0v) is 22.2. The van der Waals surface area contributed by atoms with Crippen molar-refractivity contribution >= 4 is 22.2 Å². The summed E-state index contributed by atoms with van der Waals surface area (Å²) in [4.78, 5) is 4.22. The van der Waals surface area contributed by atoms with Gasteiger partial charge in [0.05, 0.1) is 6.10 Å². The summed E-state index contributed by atoms with van der Waals surface area (Å²) in [6, 6.07) is 8.05. The number of anilines is 1. The first-order chi connectivity index (χ1) is 17.5. The summed E-state index contributed by atoms with van der Waals surface area (Å²) >= 11 is 0. The number of fused-ring (bicyclic) bond motifs is 5. The van der Waals surface area contributed by atoms with Gasteiger partial charge in [-0.05, 0) is 99.0 Å². The monoisotopic (exact) mass is 513 g/mol. The predicted octanol–water partition coefficient (Wildman–Crippen LogP) is 5.35. The van der Waals surface area contributed by atoms with Crippen LogP contribution >= 0.6 is 0 Å². The fourth-order valence-electron chi connectivity index (χ4n) is 8.14. The number of alkyl halides is 2. The van der Waals surface area contributed by atoms with E-state index in [4.69, 9.17) is 5.73 Å². The van der Waals surface area contributed by atoms with Crippen molar-refractivity contribution in [3.8, 4) is 0 Å². The van der Waals surface area contributed by atoms with Gasteiger partial charge in [-0.1, -0.05) is 25.1 Å². The molecule has 37 heavy (non-hydrogen) atoms. The first kappa shape index (κ1) is 26.5. The van der Waals surface area contributed by atoms with E-state index >= 15 is 8.78 Å². The molecule has 4 aliphatic carbocycles. The molecule has 4 aliphatic rings. The number of hydrogen-bond donors (Lipinski definition) is 4. The van der Waals surface area contributed by atoms with Crippen LogP contribution in [-0.2, 0) is 0 Å². The molecule has 3 saturated carbocycles. The van der Waals surface area contributed by atoms with Crippen LogP contribution in [0, 0.1) is 17.3 Å². The minimum Gasteiger partial charge on any atom is -0.393 e. The van der Waals surface area contributed by atoms with E-state index in [0.29, 0.717) is 37.9 Å². The third-order valence-electron chi connectivity index (χ3n) is 9.99. The normalized spacial score (nSPS) is 40.9. The fraction of sp³-hybridized carbons (Fsp3) is 0.633. The maximum Gasteiger partial charge on any atom is 0.142 e. The third kappa shape index (κ3) is 4.18. The van der Waals surface area contributed by atoms with Gasteiger partial charge in [0.2, 0.25) is 0 Å². The van der Waals surface area contributed by atoms with Gasteiger partial charge < -0.3 is 21.3 Å². The molecular formula is C30H41F2N3O2. The van der Waals surface area contributed by atoms with Crippen LogP contribution < -0.4 is 11.1 Å². The molecule has 3 fully saturated rings. The van der Waals surface area contributed by atoms with Crippen LogP contribution in [0.2, 0.25) is 0 Å². The molecule has 202 valence electrons. The summed E-state index contributed by atoms with van der Waals surface area (Å²) in [5.74, 6) is -0.116. The Kier molecular flexibility index (Phi) is 6.65. The van der Waals surface area contributed by atoms with Gasteiger partial charge in [-0.15, -0.1) is 0 Å². The molecule has 1 heterocycles. The Labute approximate surface area is 218 Å². The first-order valence-corrected chi connectivity index (χ1v) is 13.7. The highest BCUT2D eigenvalue weighted by Gasteiger charge is 2.69. The van der Waals surface area contributed by atoms with Crippen LogP contribution in [0.5, 0.6) is 0 Å². The summed E-state index contributed by atoms with van der Waals surface area (Å²) in [6.07, 6.45) is 6.03. The Morgan fingerprint density at radius 2 is 1.81 bits per heavy atom. The first-order valence-electron chi connectivity index (χ1n) is 13.7.